The van der Waals surface area contributed by atoms with Crippen molar-refractivity contribution in [3.8, 4) is 0 Å². The first-order valence-corrected chi connectivity index (χ1v) is 6.26. The number of alkyl halides is 4. The standard InChI is InChI=1S/C10H16BrF3O/c1-8-3-2-4-9(5-8,6-11)15-7-10(12,13)14/h8H,2-7H2,1H3. The van der Waals surface area contributed by atoms with E-state index in [0.717, 1.165) is 19.3 Å². The van der Waals surface area contributed by atoms with Gasteiger partial charge in [0.05, 0.1) is 5.60 Å². The molecule has 5 heteroatoms. The average molecular weight is 289 g/mol. The molecule has 1 nitrogen and oxygen atoms in total. The van der Waals surface area contributed by atoms with Gasteiger partial charge >= 0.3 is 6.18 Å². The van der Waals surface area contributed by atoms with Gasteiger partial charge in [0.25, 0.3) is 0 Å². The van der Waals surface area contributed by atoms with Crippen LogP contribution in [0, 0.1) is 5.92 Å². The zero-order chi connectivity index (χ0) is 11.5. The minimum absolute atomic E-state index is 0.449. The van der Waals surface area contributed by atoms with Crippen molar-refractivity contribution in [2.75, 3.05) is 11.9 Å². The number of hydrogen-bond acceptors (Lipinski definition) is 1. The van der Waals surface area contributed by atoms with Gasteiger partial charge in [0.1, 0.15) is 6.61 Å². The largest absolute Gasteiger partial charge is 0.411 e. The molecule has 0 bridgehead atoms. The SMILES string of the molecule is CC1CCCC(CBr)(OCC(F)(F)F)C1. The first kappa shape index (κ1) is 13.3. The first-order chi connectivity index (χ1) is 6.87. The lowest BCUT2D eigenvalue weighted by Crippen LogP contribution is -2.41. The quantitative estimate of drug-likeness (QED) is 0.716. The smallest absolute Gasteiger partial charge is 0.365 e. The van der Waals surface area contributed by atoms with Gasteiger partial charge in [0, 0.05) is 5.33 Å². The normalized spacial score (nSPS) is 33.0. The molecule has 0 spiro atoms. The lowest BCUT2D eigenvalue weighted by atomic mass is 9.80. The van der Waals surface area contributed by atoms with Gasteiger partial charge in [-0.3, -0.25) is 0 Å². The Morgan fingerprint density at radius 1 is 1.47 bits per heavy atom. The molecule has 0 radical (unpaired) electrons. The number of hydrogen-bond donors (Lipinski definition) is 0. The third-order valence-corrected chi connectivity index (χ3v) is 3.86. The van der Waals surface area contributed by atoms with Crippen LogP contribution in [0.5, 0.6) is 0 Å². The van der Waals surface area contributed by atoms with E-state index >= 15 is 0 Å². The van der Waals surface area contributed by atoms with Gasteiger partial charge in [-0.1, -0.05) is 35.7 Å². The van der Waals surface area contributed by atoms with Crippen molar-refractivity contribution in [2.45, 2.75) is 44.4 Å². The van der Waals surface area contributed by atoms with Crippen molar-refractivity contribution in [1.29, 1.82) is 0 Å². The number of halogens is 4. The molecule has 15 heavy (non-hydrogen) atoms. The Kier molecular flexibility index (Phi) is 4.47. The van der Waals surface area contributed by atoms with Crippen LogP contribution < -0.4 is 0 Å². The van der Waals surface area contributed by atoms with Crippen molar-refractivity contribution >= 4 is 15.9 Å². The lowest BCUT2D eigenvalue weighted by Gasteiger charge is -2.38. The predicted molar refractivity (Wildman–Crippen MR) is 56.2 cm³/mol. The van der Waals surface area contributed by atoms with E-state index in [0.29, 0.717) is 17.7 Å². The summed E-state index contributed by atoms with van der Waals surface area (Å²) in [7, 11) is 0. The Labute approximate surface area is 96.5 Å². The van der Waals surface area contributed by atoms with E-state index in [2.05, 4.69) is 22.9 Å². The zero-order valence-electron chi connectivity index (χ0n) is 8.74. The third-order valence-electron chi connectivity index (χ3n) is 2.84. The van der Waals surface area contributed by atoms with Gasteiger partial charge in [-0.25, -0.2) is 0 Å². The topological polar surface area (TPSA) is 9.23 Å². The molecule has 0 aromatic rings. The van der Waals surface area contributed by atoms with E-state index < -0.39 is 18.4 Å². The first-order valence-electron chi connectivity index (χ1n) is 5.14. The summed E-state index contributed by atoms with van der Waals surface area (Å²) < 4.78 is 41.3. The highest BCUT2D eigenvalue weighted by Gasteiger charge is 2.39. The summed E-state index contributed by atoms with van der Waals surface area (Å²) in [5, 5.41) is 0.487. The highest BCUT2D eigenvalue weighted by Crippen LogP contribution is 2.37. The summed E-state index contributed by atoms with van der Waals surface area (Å²) in [6.07, 6.45) is -0.752. The summed E-state index contributed by atoms with van der Waals surface area (Å²) >= 11 is 3.27. The van der Waals surface area contributed by atoms with Crippen molar-refractivity contribution in [3.05, 3.63) is 0 Å². The molecular formula is C10H16BrF3O. The molecule has 1 aliphatic rings. The predicted octanol–water partition coefficient (Wildman–Crippen LogP) is 3.91. The summed E-state index contributed by atoms with van der Waals surface area (Å²) in [5.41, 5.74) is -0.604. The summed E-state index contributed by atoms with van der Waals surface area (Å²) in [6.45, 7) is 0.929. The maximum absolute atomic E-state index is 12.1. The van der Waals surface area contributed by atoms with Crippen molar-refractivity contribution in [3.63, 3.8) is 0 Å². The van der Waals surface area contributed by atoms with Gasteiger partial charge in [0.15, 0.2) is 0 Å². The van der Waals surface area contributed by atoms with E-state index in [1.165, 1.54) is 0 Å². The molecule has 1 saturated carbocycles. The Bertz CT molecular complexity index is 207. The van der Waals surface area contributed by atoms with E-state index in [4.69, 9.17) is 4.74 Å². The molecule has 0 aromatic carbocycles. The second-order valence-corrected chi connectivity index (χ2v) is 4.98. The fourth-order valence-electron chi connectivity index (χ4n) is 2.14. The summed E-state index contributed by atoms with van der Waals surface area (Å²) in [6, 6.07) is 0. The fourth-order valence-corrected chi connectivity index (χ4v) is 2.81. The zero-order valence-corrected chi connectivity index (χ0v) is 10.3. The Morgan fingerprint density at radius 2 is 2.13 bits per heavy atom. The maximum atomic E-state index is 12.1. The van der Waals surface area contributed by atoms with Gasteiger partial charge in [-0.15, -0.1) is 0 Å². The highest BCUT2D eigenvalue weighted by molar-refractivity contribution is 9.09. The van der Waals surface area contributed by atoms with Crippen LogP contribution in [0.1, 0.15) is 32.6 Å². The minimum atomic E-state index is -4.23. The molecule has 90 valence electrons. The van der Waals surface area contributed by atoms with Gasteiger partial charge in [-0.05, 0) is 18.8 Å². The Balaban J connectivity index is 2.52. The fraction of sp³-hybridized carbons (Fsp3) is 1.00. The second-order valence-electron chi connectivity index (χ2n) is 4.42. The van der Waals surface area contributed by atoms with Crippen LogP contribution in [0.4, 0.5) is 13.2 Å². The molecule has 0 aliphatic heterocycles. The van der Waals surface area contributed by atoms with Gasteiger partial charge < -0.3 is 4.74 Å². The van der Waals surface area contributed by atoms with E-state index in [-0.39, 0.29) is 0 Å². The van der Waals surface area contributed by atoms with Crippen LogP contribution in [0.2, 0.25) is 0 Å². The summed E-state index contributed by atoms with van der Waals surface area (Å²) in [5.74, 6) is 0.449. The Hall–Kier alpha value is 0.230. The molecule has 1 rings (SSSR count). The van der Waals surface area contributed by atoms with Crippen LogP contribution in [0.15, 0.2) is 0 Å². The average Bonchev–Trinajstić information content (AvgIpc) is 2.14. The van der Waals surface area contributed by atoms with Crippen LogP contribution in [-0.4, -0.2) is 23.7 Å². The molecule has 2 atom stereocenters. The minimum Gasteiger partial charge on any atom is -0.365 e. The number of rotatable bonds is 3. The molecule has 1 aliphatic carbocycles. The van der Waals surface area contributed by atoms with E-state index in [1.807, 2.05) is 0 Å². The second kappa shape index (κ2) is 5.04. The maximum Gasteiger partial charge on any atom is 0.411 e. The van der Waals surface area contributed by atoms with Crippen LogP contribution in [0.3, 0.4) is 0 Å². The lowest BCUT2D eigenvalue weighted by molar-refractivity contribution is -0.208. The Morgan fingerprint density at radius 3 is 2.60 bits per heavy atom. The van der Waals surface area contributed by atoms with Crippen LogP contribution in [-0.2, 0) is 4.74 Å². The van der Waals surface area contributed by atoms with Crippen molar-refractivity contribution < 1.29 is 17.9 Å². The van der Waals surface area contributed by atoms with Crippen LogP contribution >= 0.6 is 15.9 Å². The third kappa shape index (κ3) is 4.31. The van der Waals surface area contributed by atoms with Crippen molar-refractivity contribution in [2.24, 2.45) is 5.92 Å². The molecular weight excluding hydrogens is 273 g/mol. The van der Waals surface area contributed by atoms with Crippen LogP contribution in [0.25, 0.3) is 0 Å². The monoisotopic (exact) mass is 288 g/mol. The van der Waals surface area contributed by atoms with E-state index in [1.54, 1.807) is 0 Å². The molecule has 0 amide bonds. The van der Waals surface area contributed by atoms with Gasteiger partial charge in [0.2, 0.25) is 0 Å². The molecule has 1 fully saturated rings. The number of ether oxygens (including phenoxy) is 1. The van der Waals surface area contributed by atoms with Gasteiger partial charge in [-0.2, -0.15) is 13.2 Å². The molecule has 0 heterocycles. The van der Waals surface area contributed by atoms with E-state index in [9.17, 15) is 13.2 Å². The molecule has 0 aromatic heterocycles. The van der Waals surface area contributed by atoms with Crippen molar-refractivity contribution in [1.82, 2.24) is 0 Å². The molecule has 2 unspecified atom stereocenters. The highest BCUT2D eigenvalue weighted by atomic mass is 79.9. The molecule has 0 saturated heterocycles. The summed E-state index contributed by atoms with van der Waals surface area (Å²) in [4.78, 5) is 0. The molecule has 0 N–H and O–H groups in total.